The van der Waals surface area contributed by atoms with Crippen LogP contribution in [0.4, 0.5) is 0 Å². The van der Waals surface area contributed by atoms with Gasteiger partial charge in [-0.05, 0) is 37.0 Å². The van der Waals surface area contributed by atoms with Gasteiger partial charge in [-0.25, -0.2) is 0 Å². The summed E-state index contributed by atoms with van der Waals surface area (Å²) in [6, 6.07) is 4.54. The Kier molecular flexibility index (Phi) is 7.42. The predicted octanol–water partition coefficient (Wildman–Crippen LogP) is 2.00. The van der Waals surface area contributed by atoms with Crippen LogP contribution in [0.3, 0.4) is 0 Å². The number of halogens is 3. The Hall–Kier alpha value is -1.01. The number of nitrogens with one attached hydrogen (secondary N) is 2. The highest BCUT2D eigenvalue weighted by Crippen LogP contribution is 2.31. The van der Waals surface area contributed by atoms with Gasteiger partial charge >= 0.3 is 0 Å². The van der Waals surface area contributed by atoms with E-state index in [0.29, 0.717) is 28.1 Å². The minimum absolute atomic E-state index is 0. The number of hydrogen-bond donors (Lipinski definition) is 3. The predicted molar refractivity (Wildman–Crippen MR) is 89.8 cm³/mol. The summed E-state index contributed by atoms with van der Waals surface area (Å²) in [7, 11) is 0. The van der Waals surface area contributed by atoms with E-state index < -0.39 is 0 Å². The van der Waals surface area contributed by atoms with E-state index in [1.54, 1.807) is 6.07 Å². The Morgan fingerprint density at radius 1 is 1.23 bits per heavy atom. The average Bonchev–Trinajstić information content (AvgIpc) is 3.29. The molecule has 1 aromatic carbocycles. The van der Waals surface area contributed by atoms with Crippen LogP contribution in [-0.2, 0) is 4.79 Å². The molecular formula is C14H18Cl3N3O2. The summed E-state index contributed by atoms with van der Waals surface area (Å²) in [4.78, 5) is 23.5. The number of amides is 2. The van der Waals surface area contributed by atoms with Gasteiger partial charge in [0.15, 0.2) is 0 Å². The molecule has 1 fully saturated rings. The van der Waals surface area contributed by atoms with E-state index in [1.165, 1.54) is 12.1 Å². The minimum atomic E-state index is -0.379. The molecule has 1 atom stereocenters. The monoisotopic (exact) mass is 365 g/mol. The quantitative estimate of drug-likeness (QED) is 0.720. The van der Waals surface area contributed by atoms with Gasteiger partial charge in [-0.2, -0.15) is 0 Å². The second-order valence-corrected chi connectivity index (χ2v) is 5.93. The first-order valence-electron chi connectivity index (χ1n) is 6.73. The van der Waals surface area contributed by atoms with Gasteiger partial charge in [-0.15, -0.1) is 12.4 Å². The third-order valence-corrected chi connectivity index (χ3v) is 4.09. The van der Waals surface area contributed by atoms with E-state index >= 15 is 0 Å². The Morgan fingerprint density at radius 3 is 2.50 bits per heavy atom. The lowest BCUT2D eigenvalue weighted by Gasteiger charge is -2.12. The summed E-state index contributed by atoms with van der Waals surface area (Å²) in [6.45, 7) is 0.336. The molecule has 1 aliphatic rings. The molecule has 0 spiro atoms. The smallest absolute Gasteiger partial charge is 0.251 e. The first-order chi connectivity index (χ1) is 9.97. The lowest BCUT2D eigenvalue weighted by atomic mass is 10.2. The molecule has 0 aliphatic heterocycles. The molecule has 1 aliphatic carbocycles. The Morgan fingerprint density at radius 2 is 1.91 bits per heavy atom. The molecule has 1 unspecified atom stereocenters. The Bertz CT molecular complexity index is 550. The first-order valence-corrected chi connectivity index (χ1v) is 7.48. The lowest BCUT2D eigenvalue weighted by molar-refractivity contribution is -0.120. The van der Waals surface area contributed by atoms with Crippen molar-refractivity contribution in [1.82, 2.24) is 10.6 Å². The van der Waals surface area contributed by atoms with Gasteiger partial charge in [0.1, 0.15) is 0 Å². The van der Waals surface area contributed by atoms with E-state index in [4.69, 9.17) is 28.9 Å². The van der Waals surface area contributed by atoms with Crippen LogP contribution in [0.5, 0.6) is 0 Å². The van der Waals surface area contributed by atoms with E-state index in [2.05, 4.69) is 10.6 Å². The SMILES string of the molecule is Cl.NC(CNC(=O)CNC(=O)c1ccc(Cl)c(Cl)c1)C1CC1. The third kappa shape index (κ3) is 5.65. The van der Waals surface area contributed by atoms with Crippen LogP contribution < -0.4 is 16.4 Å². The topological polar surface area (TPSA) is 84.2 Å². The first kappa shape index (κ1) is 19.0. The third-order valence-electron chi connectivity index (χ3n) is 3.35. The van der Waals surface area contributed by atoms with Crippen molar-refractivity contribution in [3.63, 3.8) is 0 Å². The zero-order valence-electron chi connectivity index (χ0n) is 11.8. The molecule has 2 rings (SSSR count). The van der Waals surface area contributed by atoms with Crippen molar-refractivity contribution in [3.8, 4) is 0 Å². The Labute approximate surface area is 145 Å². The van der Waals surface area contributed by atoms with Crippen LogP contribution in [0, 0.1) is 5.92 Å². The Balaban J connectivity index is 0.00000242. The second-order valence-electron chi connectivity index (χ2n) is 5.12. The van der Waals surface area contributed by atoms with Crippen molar-refractivity contribution < 1.29 is 9.59 Å². The zero-order valence-corrected chi connectivity index (χ0v) is 14.1. The molecule has 1 aromatic rings. The van der Waals surface area contributed by atoms with Crippen LogP contribution in [0.15, 0.2) is 18.2 Å². The van der Waals surface area contributed by atoms with Crippen molar-refractivity contribution in [1.29, 1.82) is 0 Å². The van der Waals surface area contributed by atoms with Gasteiger partial charge < -0.3 is 16.4 Å². The van der Waals surface area contributed by atoms with Gasteiger partial charge in [-0.3, -0.25) is 9.59 Å². The average molecular weight is 367 g/mol. The fraction of sp³-hybridized carbons (Fsp3) is 0.429. The van der Waals surface area contributed by atoms with Crippen LogP contribution in [-0.4, -0.2) is 30.9 Å². The van der Waals surface area contributed by atoms with E-state index in [1.807, 2.05) is 0 Å². The highest BCUT2D eigenvalue weighted by atomic mass is 35.5. The number of rotatable bonds is 6. The lowest BCUT2D eigenvalue weighted by Crippen LogP contribution is -2.43. The second kappa shape index (κ2) is 8.58. The summed E-state index contributed by atoms with van der Waals surface area (Å²) in [5.74, 6) is -0.120. The maximum absolute atomic E-state index is 11.9. The van der Waals surface area contributed by atoms with Gasteiger partial charge in [-0.1, -0.05) is 23.2 Å². The highest BCUT2D eigenvalue weighted by molar-refractivity contribution is 6.42. The highest BCUT2D eigenvalue weighted by Gasteiger charge is 2.28. The summed E-state index contributed by atoms with van der Waals surface area (Å²) >= 11 is 11.6. The normalized spacial score (nSPS) is 14.7. The maximum Gasteiger partial charge on any atom is 0.251 e. The van der Waals surface area contributed by atoms with Crippen LogP contribution in [0.25, 0.3) is 0 Å². The van der Waals surface area contributed by atoms with Gasteiger partial charge in [0.2, 0.25) is 5.91 Å². The number of nitrogens with two attached hydrogens (primary N) is 1. The molecule has 5 nitrogen and oxygen atoms in total. The molecule has 2 amide bonds. The molecule has 4 N–H and O–H groups in total. The summed E-state index contributed by atoms with van der Waals surface area (Å²) in [5.41, 5.74) is 6.23. The van der Waals surface area contributed by atoms with Crippen molar-refractivity contribution >= 4 is 47.4 Å². The van der Waals surface area contributed by atoms with Crippen LogP contribution in [0.2, 0.25) is 10.0 Å². The minimum Gasteiger partial charge on any atom is -0.353 e. The fourth-order valence-electron chi connectivity index (χ4n) is 1.89. The number of benzene rings is 1. The molecular weight excluding hydrogens is 349 g/mol. The van der Waals surface area contributed by atoms with Crippen molar-refractivity contribution in [2.75, 3.05) is 13.1 Å². The molecule has 0 radical (unpaired) electrons. The zero-order chi connectivity index (χ0) is 15.4. The van der Waals surface area contributed by atoms with Gasteiger partial charge in [0, 0.05) is 18.2 Å². The molecule has 0 bridgehead atoms. The number of hydrogen-bond acceptors (Lipinski definition) is 3. The van der Waals surface area contributed by atoms with Gasteiger partial charge in [0.05, 0.1) is 16.6 Å². The molecule has 0 heterocycles. The van der Waals surface area contributed by atoms with Crippen LogP contribution >= 0.6 is 35.6 Å². The molecule has 1 saturated carbocycles. The standard InChI is InChI=1S/C14H17Cl2N3O2.ClH/c15-10-4-3-9(5-11(10)16)14(21)19-7-13(20)18-6-12(17)8-1-2-8;/h3-5,8,12H,1-2,6-7,17H2,(H,18,20)(H,19,21);1H. The molecule has 122 valence electrons. The molecule has 22 heavy (non-hydrogen) atoms. The van der Waals surface area contributed by atoms with Crippen molar-refractivity contribution in [2.45, 2.75) is 18.9 Å². The van der Waals surface area contributed by atoms with Gasteiger partial charge in [0.25, 0.3) is 5.91 Å². The summed E-state index contributed by atoms with van der Waals surface area (Å²) < 4.78 is 0. The van der Waals surface area contributed by atoms with Crippen molar-refractivity contribution in [3.05, 3.63) is 33.8 Å². The number of carbonyl (C=O) groups is 2. The largest absolute Gasteiger partial charge is 0.353 e. The van der Waals surface area contributed by atoms with E-state index in [-0.39, 0.29) is 36.8 Å². The van der Waals surface area contributed by atoms with E-state index in [0.717, 1.165) is 12.8 Å². The van der Waals surface area contributed by atoms with Crippen LogP contribution in [0.1, 0.15) is 23.2 Å². The molecule has 0 aromatic heterocycles. The summed E-state index contributed by atoms with van der Waals surface area (Å²) in [6.07, 6.45) is 2.26. The number of carbonyl (C=O) groups excluding carboxylic acids is 2. The molecule has 0 saturated heterocycles. The maximum atomic E-state index is 11.9. The molecule has 8 heteroatoms. The van der Waals surface area contributed by atoms with Crippen molar-refractivity contribution in [2.24, 2.45) is 11.7 Å². The summed E-state index contributed by atoms with van der Waals surface area (Å²) in [5, 5.41) is 5.90. The fourth-order valence-corrected chi connectivity index (χ4v) is 2.18. The van der Waals surface area contributed by atoms with E-state index in [9.17, 15) is 9.59 Å².